The van der Waals surface area contributed by atoms with E-state index in [0.29, 0.717) is 0 Å². The fourth-order valence-corrected chi connectivity index (χ4v) is 1.64. The van der Waals surface area contributed by atoms with Crippen LogP contribution in [0.4, 0.5) is 13.2 Å². The van der Waals surface area contributed by atoms with Crippen molar-refractivity contribution in [3.8, 4) is 0 Å². The van der Waals surface area contributed by atoms with E-state index in [4.69, 9.17) is 0 Å². The fourth-order valence-electron chi connectivity index (χ4n) is 1.64. The number of aliphatic hydroxyl groups is 1. The van der Waals surface area contributed by atoms with Gasteiger partial charge in [-0.25, -0.2) is 0 Å². The van der Waals surface area contributed by atoms with Crippen LogP contribution in [0.1, 0.15) is 33.6 Å². The summed E-state index contributed by atoms with van der Waals surface area (Å²) in [6.45, 7) is 4.76. The van der Waals surface area contributed by atoms with E-state index < -0.39 is 24.2 Å². The molecule has 1 aliphatic heterocycles. The van der Waals surface area contributed by atoms with Crippen LogP contribution in [0.5, 0.6) is 0 Å². The first kappa shape index (κ1) is 14.0. The second-order valence-corrected chi connectivity index (χ2v) is 4.63. The van der Waals surface area contributed by atoms with E-state index in [2.05, 4.69) is 5.10 Å². The molecule has 0 radical (unpaired) electrons. The van der Waals surface area contributed by atoms with Crippen LogP contribution in [-0.2, 0) is 4.79 Å². The monoisotopic (exact) mass is 252 g/mol. The van der Waals surface area contributed by atoms with E-state index >= 15 is 0 Å². The van der Waals surface area contributed by atoms with Crippen LogP contribution in [0.15, 0.2) is 5.10 Å². The third-order valence-electron chi connectivity index (χ3n) is 2.40. The van der Waals surface area contributed by atoms with Gasteiger partial charge in [-0.05, 0) is 12.8 Å². The minimum Gasteiger partial charge on any atom is -0.362 e. The Morgan fingerprint density at radius 3 is 2.53 bits per heavy atom. The fraction of sp³-hybridized carbons (Fsp3) is 0.800. The van der Waals surface area contributed by atoms with Gasteiger partial charge < -0.3 is 5.11 Å². The molecular weight excluding hydrogens is 237 g/mol. The number of carbonyl (C=O) groups is 1. The number of hydrogen-bond acceptors (Lipinski definition) is 3. The lowest BCUT2D eigenvalue weighted by molar-refractivity contribution is -0.302. The summed E-state index contributed by atoms with van der Waals surface area (Å²) in [4.78, 5) is 11.6. The van der Waals surface area contributed by atoms with Crippen molar-refractivity contribution >= 4 is 11.6 Å². The Morgan fingerprint density at radius 2 is 2.12 bits per heavy atom. The number of rotatable bonds is 2. The highest BCUT2D eigenvalue weighted by molar-refractivity contribution is 5.89. The van der Waals surface area contributed by atoms with Crippen molar-refractivity contribution in [2.24, 2.45) is 11.0 Å². The molecule has 1 aliphatic rings. The van der Waals surface area contributed by atoms with Crippen LogP contribution in [0, 0.1) is 5.92 Å². The molecule has 0 aromatic heterocycles. The first-order valence-electron chi connectivity index (χ1n) is 5.24. The van der Waals surface area contributed by atoms with Gasteiger partial charge in [-0.15, -0.1) is 0 Å². The predicted molar refractivity (Wildman–Crippen MR) is 55.0 cm³/mol. The lowest BCUT2D eigenvalue weighted by atomic mass is 10.1. The summed E-state index contributed by atoms with van der Waals surface area (Å²) in [7, 11) is 0. The lowest BCUT2D eigenvalue weighted by Crippen LogP contribution is -2.56. The van der Waals surface area contributed by atoms with Crippen molar-refractivity contribution in [1.82, 2.24) is 5.01 Å². The molecule has 1 N–H and O–H groups in total. The zero-order valence-corrected chi connectivity index (χ0v) is 9.88. The minimum absolute atomic E-state index is 0.0851. The summed E-state index contributed by atoms with van der Waals surface area (Å²) in [5.41, 5.74) is -3.11. The molecule has 0 aromatic rings. The van der Waals surface area contributed by atoms with Crippen molar-refractivity contribution in [3.63, 3.8) is 0 Å². The molecule has 1 unspecified atom stereocenters. The summed E-state index contributed by atoms with van der Waals surface area (Å²) in [5.74, 6) is -0.923. The number of alkyl halides is 3. The van der Waals surface area contributed by atoms with Gasteiger partial charge in [-0.3, -0.25) is 4.79 Å². The Labute approximate surface area is 97.1 Å². The molecule has 0 saturated carbocycles. The molecule has 1 rings (SSSR count). The Hall–Kier alpha value is -1.11. The third kappa shape index (κ3) is 2.59. The maximum Gasteiger partial charge on any atom is 0.438 e. The van der Waals surface area contributed by atoms with Crippen LogP contribution in [-0.4, -0.2) is 33.6 Å². The van der Waals surface area contributed by atoms with E-state index in [-0.39, 0.29) is 23.1 Å². The van der Waals surface area contributed by atoms with Gasteiger partial charge in [0, 0.05) is 18.6 Å². The Kier molecular flexibility index (Phi) is 3.52. The van der Waals surface area contributed by atoms with Crippen molar-refractivity contribution in [2.75, 3.05) is 0 Å². The van der Waals surface area contributed by atoms with Gasteiger partial charge in [-0.2, -0.15) is 23.3 Å². The molecule has 0 aromatic carbocycles. The van der Waals surface area contributed by atoms with Crippen molar-refractivity contribution < 1.29 is 23.1 Å². The maximum atomic E-state index is 12.7. The SMILES string of the molecule is CC1=NN(C(=O)CC(C)C)C(O)(C(F)(F)F)C1. The first-order valence-corrected chi connectivity index (χ1v) is 5.24. The highest BCUT2D eigenvalue weighted by Gasteiger charge is 2.62. The first-order chi connectivity index (χ1) is 7.58. The quantitative estimate of drug-likeness (QED) is 0.816. The van der Waals surface area contributed by atoms with Gasteiger partial charge in [0.1, 0.15) is 0 Å². The molecular formula is C10H15F3N2O2. The Morgan fingerprint density at radius 1 is 1.59 bits per heavy atom. The van der Waals surface area contributed by atoms with Crippen molar-refractivity contribution in [3.05, 3.63) is 0 Å². The molecule has 0 spiro atoms. The van der Waals surface area contributed by atoms with Gasteiger partial charge in [0.25, 0.3) is 5.72 Å². The highest BCUT2D eigenvalue weighted by Crippen LogP contribution is 2.40. The van der Waals surface area contributed by atoms with Crippen molar-refractivity contribution in [2.45, 2.75) is 45.5 Å². The number of amides is 1. The molecule has 0 saturated heterocycles. The molecule has 7 heteroatoms. The summed E-state index contributed by atoms with van der Waals surface area (Å²) in [6, 6.07) is 0. The smallest absolute Gasteiger partial charge is 0.362 e. The molecule has 0 aliphatic carbocycles. The molecule has 0 fully saturated rings. The predicted octanol–water partition coefficient (Wildman–Crippen LogP) is 1.89. The van der Waals surface area contributed by atoms with Crippen molar-refractivity contribution in [1.29, 1.82) is 0 Å². The van der Waals surface area contributed by atoms with E-state index in [0.717, 1.165) is 0 Å². The summed E-state index contributed by atoms with van der Waals surface area (Å²) < 4.78 is 38.2. The topological polar surface area (TPSA) is 52.9 Å². The van der Waals surface area contributed by atoms with Gasteiger partial charge >= 0.3 is 6.18 Å². The summed E-state index contributed by atoms with van der Waals surface area (Å²) in [6.07, 6.45) is -5.70. The maximum absolute atomic E-state index is 12.7. The van der Waals surface area contributed by atoms with Gasteiger partial charge in [0.2, 0.25) is 5.91 Å². The van der Waals surface area contributed by atoms with Gasteiger partial charge in [0.15, 0.2) is 0 Å². The van der Waals surface area contributed by atoms with E-state index in [9.17, 15) is 23.1 Å². The van der Waals surface area contributed by atoms with Crippen LogP contribution >= 0.6 is 0 Å². The second kappa shape index (κ2) is 4.29. The molecule has 4 nitrogen and oxygen atoms in total. The standard InChI is InChI=1S/C10H15F3N2O2/c1-6(2)4-8(16)15-9(17,10(11,12)13)5-7(3)14-15/h6,17H,4-5H2,1-3H3. The molecule has 17 heavy (non-hydrogen) atoms. The van der Waals surface area contributed by atoms with Crippen LogP contribution < -0.4 is 0 Å². The highest BCUT2D eigenvalue weighted by atomic mass is 19.4. The number of halogens is 3. The average Bonchev–Trinajstić information content (AvgIpc) is 2.40. The number of nitrogens with zero attached hydrogens (tertiary/aromatic N) is 2. The Balaban J connectivity index is 2.99. The molecule has 1 atom stereocenters. The van der Waals surface area contributed by atoms with Crippen LogP contribution in [0.2, 0.25) is 0 Å². The van der Waals surface area contributed by atoms with Gasteiger partial charge in [0.05, 0.1) is 0 Å². The normalized spacial score (nSPS) is 25.4. The molecule has 98 valence electrons. The largest absolute Gasteiger partial charge is 0.438 e. The second-order valence-electron chi connectivity index (χ2n) is 4.63. The third-order valence-corrected chi connectivity index (χ3v) is 2.40. The number of hydrogen-bond donors (Lipinski definition) is 1. The summed E-state index contributed by atoms with van der Waals surface area (Å²) >= 11 is 0. The lowest BCUT2D eigenvalue weighted by Gasteiger charge is -2.32. The van der Waals surface area contributed by atoms with Gasteiger partial charge in [-0.1, -0.05) is 13.8 Å². The minimum atomic E-state index is -4.92. The average molecular weight is 252 g/mol. The molecule has 1 heterocycles. The van der Waals surface area contributed by atoms with E-state index in [1.54, 1.807) is 13.8 Å². The number of carbonyl (C=O) groups excluding carboxylic acids is 1. The molecule has 0 bridgehead atoms. The summed E-state index contributed by atoms with van der Waals surface area (Å²) in [5, 5.41) is 13.3. The zero-order chi connectivity index (χ0) is 13.4. The van der Waals surface area contributed by atoms with E-state index in [1.807, 2.05) is 0 Å². The Bertz CT molecular complexity index is 352. The molecule has 1 amide bonds. The van der Waals surface area contributed by atoms with E-state index in [1.165, 1.54) is 6.92 Å². The van der Waals surface area contributed by atoms with Crippen LogP contribution in [0.25, 0.3) is 0 Å². The van der Waals surface area contributed by atoms with Crippen LogP contribution in [0.3, 0.4) is 0 Å². The number of hydrazone groups is 1. The zero-order valence-electron chi connectivity index (χ0n) is 9.88.